The van der Waals surface area contributed by atoms with Crippen LogP contribution in [-0.4, -0.2) is 66.0 Å². The molecule has 1 atom stereocenters. The van der Waals surface area contributed by atoms with E-state index in [0.29, 0.717) is 64.0 Å². The van der Waals surface area contributed by atoms with Crippen molar-refractivity contribution in [2.45, 2.75) is 26.7 Å². The topological polar surface area (TPSA) is 87.7 Å². The highest BCUT2D eigenvalue weighted by Gasteiger charge is 2.30. The predicted molar refractivity (Wildman–Crippen MR) is 92.5 cm³/mol. The summed E-state index contributed by atoms with van der Waals surface area (Å²) in [6.45, 7) is 7.54. The van der Waals surface area contributed by atoms with Crippen LogP contribution in [0.5, 0.6) is 5.88 Å². The highest BCUT2D eigenvalue weighted by Crippen LogP contribution is 2.19. The van der Waals surface area contributed by atoms with Crippen molar-refractivity contribution in [2.75, 3.05) is 44.2 Å². The highest BCUT2D eigenvalue weighted by atomic mass is 16.5. The normalized spacial score (nSPS) is 21.0. The number of hydrogen-bond donors (Lipinski definition) is 1. The molecule has 136 valence electrons. The molecule has 1 aromatic rings. The van der Waals surface area contributed by atoms with Gasteiger partial charge in [0.1, 0.15) is 0 Å². The number of piperidine rings is 1. The summed E-state index contributed by atoms with van der Waals surface area (Å²) >= 11 is 0. The number of piperazine rings is 1. The third kappa shape index (κ3) is 4.18. The van der Waals surface area contributed by atoms with Crippen LogP contribution in [0.15, 0.2) is 6.07 Å². The Balaban J connectivity index is 1.58. The Morgan fingerprint density at radius 2 is 2.08 bits per heavy atom. The summed E-state index contributed by atoms with van der Waals surface area (Å²) < 4.78 is 5.49. The number of ether oxygens (including phenoxy) is 1. The van der Waals surface area contributed by atoms with Crippen molar-refractivity contribution in [3.8, 4) is 5.88 Å². The molecule has 25 heavy (non-hydrogen) atoms. The van der Waals surface area contributed by atoms with Gasteiger partial charge in [-0.25, -0.2) is 4.98 Å². The molecule has 1 unspecified atom stereocenters. The number of amides is 2. The van der Waals surface area contributed by atoms with Gasteiger partial charge in [-0.1, -0.05) is 0 Å². The van der Waals surface area contributed by atoms with Crippen molar-refractivity contribution >= 4 is 17.8 Å². The molecule has 0 spiro atoms. The van der Waals surface area contributed by atoms with Crippen LogP contribution in [0, 0.1) is 12.8 Å². The third-order valence-corrected chi connectivity index (χ3v) is 4.60. The lowest BCUT2D eigenvalue weighted by atomic mass is 9.97. The zero-order valence-corrected chi connectivity index (χ0v) is 14.8. The number of nitrogens with one attached hydrogen (secondary N) is 1. The van der Waals surface area contributed by atoms with Crippen LogP contribution < -0.4 is 15.0 Å². The molecule has 1 N–H and O–H groups in total. The van der Waals surface area contributed by atoms with E-state index in [1.165, 1.54) is 0 Å². The third-order valence-electron chi connectivity index (χ3n) is 4.60. The number of aromatic nitrogens is 2. The van der Waals surface area contributed by atoms with Gasteiger partial charge >= 0.3 is 0 Å². The van der Waals surface area contributed by atoms with Crippen molar-refractivity contribution in [3.63, 3.8) is 0 Å². The second kappa shape index (κ2) is 7.67. The molecule has 3 heterocycles. The summed E-state index contributed by atoms with van der Waals surface area (Å²) in [5, 5.41) is 2.78. The van der Waals surface area contributed by atoms with Gasteiger partial charge in [-0.3, -0.25) is 9.59 Å². The van der Waals surface area contributed by atoms with Gasteiger partial charge in [-0.2, -0.15) is 4.98 Å². The van der Waals surface area contributed by atoms with Gasteiger partial charge in [0.25, 0.3) is 0 Å². The molecule has 3 rings (SSSR count). The van der Waals surface area contributed by atoms with E-state index in [1.807, 2.05) is 24.8 Å². The lowest BCUT2D eigenvalue weighted by Crippen LogP contribution is -2.53. The first-order chi connectivity index (χ1) is 12.1. The fourth-order valence-corrected chi connectivity index (χ4v) is 3.22. The fourth-order valence-electron chi connectivity index (χ4n) is 3.22. The lowest BCUT2D eigenvalue weighted by Gasteiger charge is -2.37. The lowest BCUT2D eigenvalue weighted by molar-refractivity contribution is -0.137. The van der Waals surface area contributed by atoms with Crippen molar-refractivity contribution in [1.82, 2.24) is 20.2 Å². The van der Waals surface area contributed by atoms with Crippen LogP contribution in [0.3, 0.4) is 0 Å². The first kappa shape index (κ1) is 17.4. The number of aryl methyl sites for hydroxylation is 1. The smallest absolute Gasteiger partial charge is 0.228 e. The monoisotopic (exact) mass is 347 g/mol. The van der Waals surface area contributed by atoms with Gasteiger partial charge in [0, 0.05) is 50.9 Å². The Morgan fingerprint density at radius 1 is 1.32 bits per heavy atom. The van der Waals surface area contributed by atoms with Gasteiger partial charge in [0.2, 0.25) is 23.6 Å². The summed E-state index contributed by atoms with van der Waals surface area (Å²) in [6, 6.07) is 1.82. The van der Waals surface area contributed by atoms with E-state index in [-0.39, 0.29) is 17.7 Å². The van der Waals surface area contributed by atoms with Crippen LogP contribution >= 0.6 is 0 Å². The van der Waals surface area contributed by atoms with E-state index in [1.54, 1.807) is 0 Å². The Hall–Kier alpha value is -2.38. The van der Waals surface area contributed by atoms with Crippen LogP contribution in [-0.2, 0) is 9.59 Å². The molecule has 1 aromatic heterocycles. The van der Waals surface area contributed by atoms with E-state index in [4.69, 9.17) is 4.74 Å². The summed E-state index contributed by atoms with van der Waals surface area (Å²) in [6.07, 6.45) is 1.08. The molecular formula is C17H25N5O3. The summed E-state index contributed by atoms with van der Waals surface area (Å²) in [5.41, 5.74) is 0.866. The molecule has 2 amide bonds. The molecule has 8 nitrogen and oxygen atoms in total. The second-order valence-electron chi connectivity index (χ2n) is 6.43. The van der Waals surface area contributed by atoms with E-state index < -0.39 is 0 Å². The molecule has 2 saturated heterocycles. The van der Waals surface area contributed by atoms with Gasteiger partial charge in [0.15, 0.2) is 0 Å². The van der Waals surface area contributed by atoms with E-state index in [9.17, 15) is 9.59 Å². The zero-order valence-electron chi connectivity index (χ0n) is 14.8. The minimum Gasteiger partial charge on any atom is -0.478 e. The van der Waals surface area contributed by atoms with E-state index in [0.717, 1.165) is 5.69 Å². The van der Waals surface area contributed by atoms with Crippen molar-refractivity contribution < 1.29 is 14.3 Å². The Bertz CT molecular complexity index is 633. The molecule has 0 radical (unpaired) electrons. The van der Waals surface area contributed by atoms with Gasteiger partial charge in [-0.15, -0.1) is 0 Å². The molecular weight excluding hydrogens is 322 g/mol. The molecule has 8 heteroatoms. The van der Waals surface area contributed by atoms with Crippen LogP contribution in [0.4, 0.5) is 5.95 Å². The number of carbonyl (C=O) groups excluding carboxylic acids is 2. The number of rotatable bonds is 4. The number of carbonyl (C=O) groups is 2. The van der Waals surface area contributed by atoms with Gasteiger partial charge in [-0.05, 0) is 20.3 Å². The molecule has 0 aliphatic carbocycles. The Kier molecular flexibility index (Phi) is 5.35. The van der Waals surface area contributed by atoms with Crippen LogP contribution in [0.25, 0.3) is 0 Å². The van der Waals surface area contributed by atoms with Crippen molar-refractivity contribution in [3.05, 3.63) is 11.8 Å². The van der Waals surface area contributed by atoms with E-state index in [2.05, 4.69) is 20.2 Å². The maximum Gasteiger partial charge on any atom is 0.228 e. The van der Waals surface area contributed by atoms with Crippen LogP contribution in [0.1, 0.15) is 25.5 Å². The predicted octanol–water partition coefficient (Wildman–Crippen LogP) is 0.359. The molecule has 2 aliphatic rings. The maximum atomic E-state index is 12.6. The van der Waals surface area contributed by atoms with Crippen molar-refractivity contribution in [2.24, 2.45) is 5.92 Å². The zero-order chi connectivity index (χ0) is 17.8. The SMILES string of the molecule is CCOc1cc(C)nc(N2CCN(C(=O)C3CCC(=O)NC3)CC2)n1. The standard InChI is InChI=1S/C17H25N5O3/c1-3-25-15-10-12(2)19-17(20-15)22-8-6-21(7-9-22)16(24)13-4-5-14(23)18-11-13/h10,13H,3-9,11H2,1-2H3,(H,18,23). The minimum atomic E-state index is -0.0935. The van der Waals surface area contributed by atoms with Gasteiger partial charge < -0.3 is 19.9 Å². The van der Waals surface area contributed by atoms with Gasteiger partial charge in [0.05, 0.1) is 12.5 Å². The molecule has 0 aromatic carbocycles. The maximum absolute atomic E-state index is 12.6. The fraction of sp³-hybridized carbons (Fsp3) is 0.647. The first-order valence-corrected chi connectivity index (χ1v) is 8.85. The summed E-state index contributed by atoms with van der Waals surface area (Å²) in [5.74, 6) is 1.32. The summed E-state index contributed by atoms with van der Waals surface area (Å²) in [7, 11) is 0. The summed E-state index contributed by atoms with van der Waals surface area (Å²) in [4.78, 5) is 36.8. The first-order valence-electron chi connectivity index (χ1n) is 8.85. The molecule has 0 saturated carbocycles. The number of anilines is 1. The van der Waals surface area contributed by atoms with E-state index >= 15 is 0 Å². The Morgan fingerprint density at radius 3 is 2.72 bits per heavy atom. The highest BCUT2D eigenvalue weighted by molar-refractivity contribution is 5.84. The average molecular weight is 347 g/mol. The molecule has 0 bridgehead atoms. The Labute approximate surface area is 147 Å². The molecule has 2 fully saturated rings. The number of nitrogens with zero attached hydrogens (tertiary/aromatic N) is 4. The minimum absolute atomic E-state index is 0.0376. The van der Waals surface area contributed by atoms with Crippen LogP contribution in [0.2, 0.25) is 0 Å². The average Bonchev–Trinajstić information content (AvgIpc) is 2.62. The quantitative estimate of drug-likeness (QED) is 0.846. The largest absolute Gasteiger partial charge is 0.478 e. The number of hydrogen-bond acceptors (Lipinski definition) is 6. The molecule has 2 aliphatic heterocycles. The van der Waals surface area contributed by atoms with Crippen molar-refractivity contribution in [1.29, 1.82) is 0 Å². The second-order valence-corrected chi connectivity index (χ2v) is 6.43.